The fourth-order valence-electron chi connectivity index (χ4n) is 3.80. The largest absolute Gasteiger partial charge is 0.454 e. The van der Waals surface area contributed by atoms with E-state index in [1.165, 1.54) is 6.07 Å². The van der Waals surface area contributed by atoms with Crippen molar-refractivity contribution in [2.45, 2.75) is 26.2 Å². The average Bonchev–Trinajstić information content (AvgIpc) is 3.29. The van der Waals surface area contributed by atoms with Crippen molar-refractivity contribution in [3.63, 3.8) is 0 Å². The van der Waals surface area contributed by atoms with Gasteiger partial charge in [0.15, 0.2) is 17.3 Å². The number of rotatable bonds is 7. The zero-order valence-corrected chi connectivity index (χ0v) is 21.4. The van der Waals surface area contributed by atoms with E-state index >= 15 is 0 Å². The van der Waals surface area contributed by atoms with E-state index in [-0.39, 0.29) is 23.7 Å². The SMILES string of the molecule is CC(C)(C)c1ccc(C(=O)c2cccc(NC(=O)CN(c3ccc4c(c3)OCO4)S(C)(=O)=O)c2)cc1. The Balaban J connectivity index is 1.49. The molecule has 0 bridgehead atoms. The Morgan fingerprint density at radius 2 is 1.61 bits per heavy atom. The van der Waals surface area contributed by atoms with Crippen molar-refractivity contribution in [3.8, 4) is 11.5 Å². The molecule has 0 saturated carbocycles. The number of fused-ring (bicyclic) bond motifs is 1. The minimum absolute atomic E-state index is 0.0216. The first-order chi connectivity index (χ1) is 16.9. The molecule has 0 aliphatic carbocycles. The molecule has 188 valence electrons. The molecule has 4 rings (SSSR count). The van der Waals surface area contributed by atoms with Gasteiger partial charge in [-0.05, 0) is 35.2 Å². The number of ether oxygens (including phenoxy) is 2. The molecule has 0 fully saturated rings. The highest BCUT2D eigenvalue weighted by Crippen LogP contribution is 2.36. The van der Waals surface area contributed by atoms with Gasteiger partial charge in [-0.2, -0.15) is 0 Å². The number of hydrogen-bond donors (Lipinski definition) is 1. The highest BCUT2D eigenvalue weighted by atomic mass is 32.2. The van der Waals surface area contributed by atoms with Crippen molar-refractivity contribution in [3.05, 3.63) is 83.4 Å². The summed E-state index contributed by atoms with van der Waals surface area (Å²) < 4.78 is 36.4. The van der Waals surface area contributed by atoms with Gasteiger partial charge in [-0.1, -0.05) is 57.2 Å². The van der Waals surface area contributed by atoms with Crippen LogP contribution in [0.2, 0.25) is 0 Å². The molecule has 0 aromatic heterocycles. The summed E-state index contributed by atoms with van der Waals surface area (Å²) in [5.74, 6) is 0.177. The molecule has 0 atom stereocenters. The summed E-state index contributed by atoms with van der Waals surface area (Å²) in [4.78, 5) is 25.8. The fourth-order valence-corrected chi connectivity index (χ4v) is 4.65. The van der Waals surface area contributed by atoms with Crippen molar-refractivity contribution in [2.75, 3.05) is 29.2 Å². The zero-order valence-electron chi connectivity index (χ0n) is 20.6. The molecule has 0 spiro atoms. The van der Waals surface area contributed by atoms with Gasteiger partial charge in [-0.25, -0.2) is 8.42 Å². The first-order valence-corrected chi connectivity index (χ1v) is 13.2. The molecule has 0 saturated heterocycles. The average molecular weight is 509 g/mol. The van der Waals surface area contributed by atoms with Crippen LogP contribution in [-0.2, 0) is 20.2 Å². The normalized spacial score (nSPS) is 12.8. The van der Waals surface area contributed by atoms with Gasteiger partial charge in [-0.3, -0.25) is 13.9 Å². The van der Waals surface area contributed by atoms with Crippen LogP contribution < -0.4 is 19.1 Å². The third-order valence-electron chi connectivity index (χ3n) is 5.75. The van der Waals surface area contributed by atoms with E-state index in [0.29, 0.717) is 28.3 Å². The van der Waals surface area contributed by atoms with E-state index in [1.807, 2.05) is 12.1 Å². The third kappa shape index (κ3) is 5.68. The van der Waals surface area contributed by atoms with Gasteiger partial charge in [-0.15, -0.1) is 0 Å². The number of carbonyl (C=O) groups is 2. The monoisotopic (exact) mass is 508 g/mol. The van der Waals surface area contributed by atoms with Gasteiger partial charge in [0.1, 0.15) is 6.54 Å². The Morgan fingerprint density at radius 1 is 0.917 bits per heavy atom. The molecule has 8 nitrogen and oxygen atoms in total. The molecular formula is C27H28N2O6S. The van der Waals surface area contributed by atoms with E-state index < -0.39 is 22.5 Å². The summed E-state index contributed by atoms with van der Waals surface area (Å²) in [5, 5.41) is 2.69. The summed E-state index contributed by atoms with van der Waals surface area (Å²) >= 11 is 0. The van der Waals surface area contributed by atoms with Crippen LogP contribution in [0.15, 0.2) is 66.7 Å². The van der Waals surface area contributed by atoms with Gasteiger partial charge >= 0.3 is 0 Å². The highest BCUT2D eigenvalue weighted by Gasteiger charge is 2.24. The van der Waals surface area contributed by atoms with Crippen molar-refractivity contribution >= 4 is 33.1 Å². The molecule has 1 aliphatic heterocycles. The Labute approximate surface area is 210 Å². The molecule has 3 aromatic carbocycles. The number of ketones is 1. The maximum atomic E-state index is 13.0. The lowest BCUT2D eigenvalue weighted by molar-refractivity contribution is -0.114. The van der Waals surface area contributed by atoms with Crippen molar-refractivity contribution in [1.29, 1.82) is 0 Å². The van der Waals surface area contributed by atoms with Gasteiger partial charge in [0.05, 0.1) is 11.9 Å². The number of hydrogen-bond acceptors (Lipinski definition) is 6. The lowest BCUT2D eigenvalue weighted by Crippen LogP contribution is -2.37. The first kappa shape index (κ1) is 25.2. The van der Waals surface area contributed by atoms with Crippen LogP contribution in [0.1, 0.15) is 42.3 Å². The predicted octanol–water partition coefficient (Wildman–Crippen LogP) is 4.35. The number of anilines is 2. The van der Waals surface area contributed by atoms with Crippen molar-refractivity contribution in [1.82, 2.24) is 0 Å². The van der Waals surface area contributed by atoms with Crippen LogP contribution in [0.25, 0.3) is 0 Å². The molecule has 9 heteroatoms. The topological polar surface area (TPSA) is 102 Å². The second kappa shape index (κ2) is 9.66. The zero-order chi connectivity index (χ0) is 26.1. The number of carbonyl (C=O) groups excluding carboxylic acids is 2. The molecule has 0 unspecified atom stereocenters. The van der Waals surface area contributed by atoms with Crippen LogP contribution in [0.3, 0.4) is 0 Å². The Kier molecular flexibility index (Phi) is 6.77. The number of nitrogens with zero attached hydrogens (tertiary/aromatic N) is 1. The number of sulfonamides is 1. The number of amides is 1. The second-order valence-electron chi connectivity index (χ2n) is 9.59. The maximum Gasteiger partial charge on any atom is 0.245 e. The molecule has 1 aliphatic rings. The lowest BCUT2D eigenvalue weighted by Gasteiger charge is -2.22. The standard InChI is InChI=1S/C27H28N2O6S/c1-27(2,3)20-10-8-18(9-11-20)26(31)19-6-5-7-21(14-19)28-25(30)16-29(36(4,32)33)22-12-13-23-24(15-22)35-17-34-23/h5-15H,16-17H2,1-4H3,(H,28,30). The third-order valence-corrected chi connectivity index (χ3v) is 6.89. The highest BCUT2D eigenvalue weighted by molar-refractivity contribution is 7.92. The number of nitrogens with one attached hydrogen (secondary N) is 1. The summed E-state index contributed by atoms with van der Waals surface area (Å²) in [6.45, 7) is 5.91. The molecular weight excluding hydrogens is 480 g/mol. The van der Waals surface area contributed by atoms with Crippen molar-refractivity contribution in [2.24, 2.45) is 0 Å². The Hall–Kier alpha value is -3.85. The van der Waals surface area contributed by atoms with Crippen LogP contribution in [0, 0.1) is 0 Å². The Morgan fingerprint density at radius 3 is 2.28 bits per heavy atom. The van der Waals surface area contributed by atoms with Crippen molar-refractivity contribution < 1.29 is 27.5 Å². The lowest BCUT2D eigenvalue weighted by atomic mass is 9.86. The smallest absolute Gasteiger partial charge is 0.245 e. The molecule has 1 heterocycles. The molecule has 36 heavy (non-hydrogen) atoms. The number of benzene rings is 3. The van der Waals surface area contributed by atoms with Gasteiger partial charge in [0.2, 0.25) is 22.7 Å². The summed E-state index contributed by atoms with van der Waals surface area (Å²) in [6, 6.07) is 18.7. The summed E-state index contributed by atoms with van der Waals surface area (Å²) in [5.41, 5.74) is 2.71. The Bertz CT molecular complexity index is 1410. The van der Waals surface area contributed by atoms with E-state index in [9.17, 15) is 18.0 Å². The second-order valence-corrected chi connectivity index (χ2v) is 11.5. The van der Waals surface area contributed by atoms with Crippen LogP contribution >= 0.6 is 0 Å². The van der Waals surface area contributed by atoms with E-state index in [1.54, 1.807) is 48.5 Å². The first-order valence-electron chi connectivity index (χ1n) is 11.3. The van der Waals surface area contributed by atoms with Crippen LogP contribution in [0.4, 0.5) is 11.4 Å². The maximum absolute atomic E-state index is 13.0. The summed E-state index contributed by atoms with van der Waals surface area (Å²) in [6.07, 6.45) is 1.02. The molecule has 0 radical (unpaired) electrons. The molecule has 1 N–H and O–H groups in total. The van der Waals surface area contributed by atoms with E-state index in [4.69, 9.17) is 9.47 Å². The van der Waals surface area contributed by atoms with E-state index in [2.05, 4.69) is 26.1 Å². The fraction of sp³-hybridized carbons (Fsp3) is 0.259. The molecule has 3 aromatic rings. The molecule has 1 amide bonds. The minimum atomic E-state index is -3.77. The quantitative estimate of drug-likeness (QED) is 0.476. The predicted molar refractivity (Wildman–Crippen MR) is 138 cm³/mol. The summed E-state index contributed by atoms with van der Waals surface area (Å²) in [7, 11) is -3.77. The van der Waals surface area contributed by atoms with Crippen LogP contribution in [0.5, 0.6) is 11.5 Å². The minimum Gasteiger partial charge on any atom is -0.454 e. The van der Waals surface area contributed by atoms with Gasteiger partial charge in [0, 0.05) is 22.9 Å². The van der Waals surface area contributed by atoms with Gasteiger partial charge in [0.25, 0.3) is 0 Å². The van der Waals surface area contributed by atoms with Gasteiger partial charge < -0.3 is 14.8 Å². The van der Waals surface area contributed by atoms with E-state index in [0.717, 1.165) is 16.1 Å². The van der Waals surface area contributed by atoms with Crippen LogP contribution in [-0.4, -0.2) is 39.7 Å².